The molecule has 1 fully saturated rings. The number of hydrogen-bond acceptors (Lipinski definition) is 2. The van der Waals surface area contributed by atoms with Gasteiger partial charge in [-0.3, -0.25) is 0 Å². The van der Waals surface area contributed by atoms with E-state index in [1.54, 1.807) is 24.3 Å². The third kappa shape index (κ3) is 3.05. The number of nitrogens with zero attached hydrogens (tertiary/aromatic N) is 1. The molecule has 0 amide bonds. The Morgan fingerprint density at radius 1 is 1.05 bits per heavy atom. The number of rotatable bonds is 4. The van der Waals surface area contributed by atoms with Gasteiger partial charge < -0.3 is 0 Å². The molecule has 0 N–H and O–H groups in total. The Balaban J connectivity index is 1.62. The molecule has 0 saturated carbocycles. The van der Waals surface area contributed by atoms with E-state index in [1.165, 1.54) is 16.4 Å². The highest BCUT2D eigenvalue weighted by molar-refractivity contribution is 7.89. The Morgan fingerprint density at radius 3 is 2.23 bits per heavy atom. The Kier molecular flexibility index (Phi) is 4.02. The second-order valence-electron chi connectivity index (χ2n) is 5.83. The van der Waals surface area contributed by atoms with Crippen LogP contribution in [0.25, 0.3) is 0 Å². The largest absolute Gasteiger partial charge is 0.243 e. The average Bonchev–Trinajstić information content (AvgIpc) is 2.44. The van der Waals surface area contributed by atoms with Gasteiger partial charge in [0.2, 0.25) is 10.0 Å². The summed E-state index contributed by atoms with van der Waals surface area (Å²) in [6.45, 7) is 2.97. The molecule has 116 valence electrons. The monoisotopic (exact) mass is 319 g/mol. The van der Waals surface area contributed by atoms with Crippen LogP contribution in [0, 0.1) is 18.7 Å². The average molecular weight is 319 g/mol. The van der Waals surface area contributed by atoms with E-state index in [2.05, 4.69) is 0 Å². The summed E-state index contributed by atoms with van der Waals surface area (Å²) in [6.07, 6.45) is 0.778. The molecular formula is C17H18FNO2S. The molecule has 0 bridgehead atoms. The molecule has 0 radical (unpaired) electrons. The van der Waals surface area contributed by atoms with Crippen molar-refractivity contribution in [2.45, 2.75) is 18.2 Å². The van der Waals surface area contributed by atoms with Crippen LogP contribution in [0.5, 0.6) is 0 Å². The minimum absolute atomic E-state index is 0.249. The highest BCUT2D eigenvalue weighted by atomic mass is 32.2. The summed E-state index contributed by atoms with van der Waals surface area (Å²) in [5.41, 5.74) is 2.08. The topological polar surface area (TPSA) is 37.4 Å². The van der Waals surface area contributed by atoms with Crippen molar-refractivity contribution in [1.82, 2.24) is 4.31 Å². The smallest absolute Gasteiger partial charge is 0.207 e. The van der Waals surface area contributed by atoms with Gasteiger partial charge in [0.05, 0.1) is 4.90 Å². The molecule has 0 aromatic heterocycles. The highest BCUT2D eigenvalue weighted by Gasteiger charge is 2.36. The minimum atomic E-state index is -3.38. The van der Waals surface area contributed by atoms with Crippen LogP contribution in [0.2, 0.25) is 0 Å². The predicted molar refractivity (Wildman–Crippen MR) is 83.5 cm³/mol. The zero-order valence-electron chi connectivity index (χ0n) is 12.4. The molecule has 22 heavy (non-hydrogen) atoms. The number of sulfonamides is 1. The number of aryl methyl sites for hydroxylation is 1. The van der Waals surface area contributed by atoms with Gasteiger partial charge in [-0.25, -0.2) is 12.8 Å². The Labute approximate surface area is 130 Å². The third-order valence-corrected chi connectivity index (χ3v) is 5.87. The van der Waals surface area contributed by atoms with Gasteiger partial charge in [0.15, 0.2) is 0 Å². The zero-order valence-corrected chi connectivity index (χ0v) is 13.2. The molecular weight excluding hydrogens is 301 g/mol. The second kappa shape index (κ2) is 5.82. The van der Waals surface area contributed by atoms with E-state index in [9.17, 15) is 12.8 Å². The molecule has 1 heterocycles. The van der Waals surface area contributed by atoms with Crippen LogP contribution in [-0.2, 0) is 16.4 Å². The Hall–Kier alpha value is -1.72. The summed E-state index contributed by atoms with van der Waals surface area (Å²) >= 11 is 0. The SMILES string of the molecule is Cc1ccc(S(=O)(=O)N2CC(Cc3ccc(F)cc3)C2)cc1. The number of benzene rings is 2. The zero-order chi connectivity index (χ0) is 15.7. The summed E-state index contributed by atoms with van der Waals surface area (Å²) in [5.74, 6) is 0.0478. The van der Waals surface area contributed by atoms with Crippen molar-refractivity contribution in [2.75, 3.05) is 13.1 Å². The van der Waals surface area contributed by atoms with E-state index in [0.717, 1.165) is 17.5 Å². The fraction of sp³-hybridized carbons (Fsp3) is 0.294. The fourth-order valence-electron chi connectivity index (χ4n) is 2.66. The lowest BCUT2D eigenvalue weighted by Gasteiger charge is -2.38. The Bertz CT molecular complexity index is 748. The van der Waals surface area contributed by atoms with Crippen LogP contribution >= 0.6 is 0 Å². The van der Waals surface area contributed by atoms with Gasteiger partial charge in [0.25, 0.3) is 0 Å². The van der Waals surface area contributed by atoms with E-state index in [4.69, 9.17) is 0 Å². The predicted octanol–water partition coefficient (Wildman–Crippen LogP) is 3.00. The van der Waals surface area contributed by atoms with E-state index in [1.807, 2.05) is 19.1 Å². The van der Waals surface area contributed by atoms with Crippen molar-refractivity contribution in [3.05, 3.63) is 65.5 Å². The lowest BCUT2D eigenvalue weighted by atomic mass is 9.94. The summed E-state index contributed by atoms with van der Waals surface area (Å²) in [6, 6.07) is 13.3. The molecule has 3 nitrogen and oxygen atoms in total. The molecule has 1 saturated heterocycles. The fourth-order valence-corrected chi connectivity index (χ4v) is 4.25. The second-order valence-corrected chi connectivity index (χ2v) is 7.77. The first-order chi connectivity index (χ1) is 10.4. The van der Waals surface area contributed by atoms with Gasteiger partial charge in [0, 0.05) is 13.1 Å². The summed E-state index contributed by atoms with van der Waals surface area (Å²) < 4.78 is 39.3. The molecule has 2 aromatic rings. The van der Waals surface area contributed by atoms with Crippen LogP contribution in [0.3, 0.4) is 0 Å². The van der Waals surface area contributed by atoms with Crippen LogP contribution in [0.15, 0.2) is 53.4 Å². The van der Waals surface area contributed by atoms with Gasteiger partial charge in [-0.05, 0) is 49.1 Å². The summed E-state index contributed by atoms with van der Waals surface area (Å²) in [5, 5.41) is 0. The Morgan fingerprint density at radius 2 is 1.64 bits per heavy atom. The number of halogens is 1. The molecule has 1 aliphatic heterocycles. The molecule has 1 aliphatic rings. The van der Waals surface area contributed by atoms with Crippen molar-refractivity contribution < 1.29 is 12.8 Å². The first kappa shape index (κ1) is 15.2. The molecule has 0 aliphatic carbocycles. The maximum atomic E-state index is 12.9. The van der Waals surface area contributed by atoms with Gasteiger partial charge in [-0.15, -0.1) is 0 Å². The van der Waals surface area contributed by atoms with Crippen LogP contribution < -0.4 is 0 Å². The van der Waals surface area contributed by atoms with E-state index >= 15 is 0 Å². The van der Waals surface area contributed by atoms with E-state index in [0.29, 0.717) is 23.9 Å². The van der Waals surface area contributed by atoms with Crippen molar-refractivity contribution >= 4 is 10.0 Å². The summed E-state index contributed by atoms with van der Waals surface area (Å²) in [7, 11) is -3.38. The molecule has 0 unspecified atom stereocenters. The van der Waals surface area contributed by atoms with E-state index < -0.39 is 10.0 Å². The molecule has 0 atom stereocenters. The molecule has 0 spiro atoms. The van der Waals surface area contributed by atoms with Gasteiger partial charge >= 0.3 is 0 Å². The maximum Gasteiger partial charge on any atom is 0.243 e. The van der Waals surface area contributed by atoms with Crippen molar-refractivity contribution in [2.24, 2.45) is 5.92 Å². The first-order valence-electron chi connectivity index (χ1n) is 7.26. The van der Waals surface area contributed by atoms with Crippen molar-refractivity contribution in [1.29, 1.82) is 0 Å². The normalized spacial score (nSPS) is 16.5. The first-order valence-corrected chi connectivity index (χ1v) is 8.70. The third-order valence-electron chi connectivity index (χ3n) is 4.02. The standard InChI is InChI=1S/C17H18FNO2S/c1-13-2-8-17(9-3-13)22(20,21)19-11-15(12-19)10-14-4-6-16(18)7-5-14/h2-9,15H,10-12H2,1H3. The van der Waals surface area contributed by atoms with Crippen molar-refractivity contribution in [3.8, 4) is 0 Å². The molecule has 2 aromatic carbocycles. The lowest BCUT2D eigenvalue weighted by molar-refractivity contribution is 0.200. The summed E-state index contributed by atoms with van der Waals surface area (Å²) in [4.78, 5) is 0.346. The number of hydrogen-bond donors (Lipinski definition) is 0. The van der Waals surface area contributed by atoms with Gasteiger partial charge in [0.1, 0.15) is 5.82 Å². The van der Waals surface area contributed by atoms with Gasteiger partial charge in [-0.2, -0.15) is 4.31 Å². The molecule has 3 rings (SSSR count). The van der Waals surface area contributed by atoms with Crippen LogP contribution in [0.4, 0.5) is 4.39 Å². The maximum absolute atomic E-state index is 12.9. The van der Waals surface area contributed by atoms with Crippen LogP contribution in [-0.4, -0.2) is 25.8 Å². The minimum Gasteiger partial charge on any atom is -0.207 e. The van der Waals surface area contributed by atoms with Crippen LogP contribution in [0.1, 0.15) is 11.1 Å². The van der Waals surface area contributed by atoms with Crippen molar-refractivity contribution in [3.63, 3.8) is 0 Å². The van der Waals surface area contributed by atoms with E-state index in [-0.39, 0.29) is 5.82 Å². The quantitative estimate of drug-likeness (QED) is 0.869. The lowest BCUT2D eigenvalue weighted by Crippen LogP contribution is -2.50. The highest BCUT2D eigenvalue weighted by Crippen LogP contribution is 2.27. The van der Waals surface area contributed by atoms with Gasteiger partial charge in [-0.1, -0.05) is 29.8 Å². The molecule has 5 heteroatoms.